The van der Waals surface area contributed by atoms with Gasteiger partial charge in [0.1, 0.15) is 10.7 Å². The Morgan fingerprint density at radius 1 is 1.12 bits per heavy atom. The van der Waals surface area contributed by atoms with E-state index in [1.54, 1.807) is 11.3 Å². The van der Waals surface area contributed by atoms with E-state index in [-0.39, 0.29) is 17.9 Å². The van der Waals surface area contributed by atoms with E-state index in [1.165, 1.54) is 16.9 Å². The van der Waals surface area contributed by atoms with Gasteiger partial charge in [0.25, 0.3) is 5.56 Å². The monoisotopic (exact) mass is 469 g/mol. The summed E-state index contributed by atoms with van der Waals surface area (Å²) in [6.07, 6.45) is 5.69. The van der Waals surface area contributed by atoms with Crippen molar-refractivity contribution in [3.05, 3.63) is 50.4 Å². The quantitative estimate of drug-likeness (QED) is 0.469. The summed E-state index contributed by atoms with van der Waals surface area (Å²) in [7, 11) is 0. The summed E-state index contributed by atoms with van der Waals surface area (Å²) in [4.78, 5) is 34.6. The maximum absolute atomic E-state index is 12.6. The van der Waals surface area contributed by atoms with Crippen molar-refractivity contribution in [1.82, 2.24) is 15.3 Å². The molecule has 2 heterocycles. The van der Waals surface area contributed by atoms with Gasteiger partial charge in [-0.15, -0.1) is 11.3 Å². The van der Waals surface area contributed by atoms with E-state index in [0.29, 0.717) is 38.4 Å². The van der Waals surface area contributed by atoms with Crippen LogP contribution in [0.4, 0.5) is 0 Å². The standard InChI is InChI=1S/C25H31N3O4S/c1-3-31-18-10-9-16(15-19(18)32-4-2)13-14-26-22(29)12-11-21-27-24(30)23-17-7-5-6-8-20(17)33-25(23)28-21/h9-10,15H,3-8,11-14H2,1-2H3,(H,26,29)(H,27,28,30). The van der Waals surface area contributed by atoms with Gasteiger partial charge in [0.2, 0.25) is 5.91 Å². The molecule has 0 saturated carbocycles. The minimum absolute atomic E-state index is 0.0563. The smallest absolute Gasteiger partial charge is 0.259 e. The number of rotatable bonds is 10. The summed E-state index contributed by atoms with van der Waals surface area (Å²) >= 11 is 1.63. The normalized spacial score (nSPS) is 13.0. The summed E-state index contributed by atoms with van der Waals surface area (Å²) < 4.78 is 11.3. The van der Waals surface area contributed by atoms with E-state index in [0.717, 1.165) is 46.5 Å². The van der Waals surface area contributed by atoms with Gasteiger partial charge in [-0.2, -0.15) is 0 Å². The Hall–Kier alpha value is -2.87. The molecule has 1 aliphatic rings. The second-order valence-electron chi connectivity index (χ2n) is 8.15. The highest BCUT2D eigenvalue weighted by Gasteiger charge is 2.20. The van der Waals surface area contributed by atoms with E-state index < -0.39 is 0 Å². The molecule has 2 N–H and O–H groups in total. The number of carbonyl (C=O) groups is 1. The van der Waals surface area contributed by atoms with Gasteiger partial charge in [-0.05, 0) is 69.2 Å². The van der Waals surface area contributed by atoms with Crippen LogP contribution >= 0.6 is 11.3 Å². The zero-order valence-corrected chi connectivity index (χ0v) is 20.1. The van der Waals surface area contributed by atoms with Gasteiger partial charge in [-0.3, -0.25) is 9.59 Å². The minimum Gasteiger partial charge on any atom is -0.490 e. The number of hydrogen-bond acceptors (Lipinski definition) is 6. The molecule has 7 nitrogen and oxygen atoms in total. The average Bonchev–Trinajstić information content (AvgIpc) is 3.18. The lowest BCUT2D eigenvalue weighted by Crippen LogP contribution is -2.26. The third kappa shape index (κ3) is 5.55. The van der Waals surface area contributed by atoms with Gasteiger partial charge >= 0.3 is 0 Å². The van der Waals surface area contributed by atoms with Crippen molar-refractivity contribution in [2.24, 2.45) is 0 Å². The fraction of sp³-hybridized carbons (Fsp3) is 0.480. The first-order chi connectivity index (χ1) is 16.1. The van der Waals surface area contributed by atoms with Crippen molar-refractivity contribution >= 4 is 27.5 Å². The molecule has 0 saturated heterocycles. The number of aromatic amines is 1. The number of carbonyl (C=O) groups excluding carboxylic acids is 1. The molecule has 0 bridgehead atoms. The lowest BCUT2D eigenvalue weighted by Gasteiger charge is -2.12. The highest BCUT2D eigenvalue weighted by Crippen LogP contribution is 2.33. The van der Waals surface area contributed by atoms with Crippen molar-refractivity contribution in [1.29, 1.82) is 0 Å². The van der Waals surface area contributed by atoms with Crippen LogP contribution in [0.25, 0.3) is 10.2 Å². The summed E-state index contributed by atoms with van der Waals surface area (Å²) in [6.45, 7) is 5.55. The second kappa shape index (κ2) is 10.8. The van der Waals surface area contributed by atoms with Crippen LogP contribution in [0.3, 0.4) is 0 Å². The Balaban J connectivity index is 1.30. The number of benzene rings is 1. The van der Waals surface area contributed by atoms with Gasteiger partial charge in [-0.25, -0.2) is 4.98 Å². The molecule has 0 unspecified atom stereocenters. The number of amides is 1. The summed E-state index contributed by atoms with van der Waals surface area (Å²) in [6, 6.07) is 5.86. The number of nitrogens with one attached hydrogen (secondary N) is 2. The molecule has 33 heavy (non-hydrogen) atoms. The van der Waals surface area contributed by atoms with Crippen LogP contribution in [-0.2, 0) is 30.5 Å². The zero-order valence-electron chi connectivity index (χ0n) is 19.3. The van der Waals surface area contributed by atoms with E-state index >= 15 is 0 Å². The first-order valence-electron chi connectivity index (χ1n) is 11.8. The molecule has 8 heteroatoms. The predicted octanol–water partition coefficient (Wildman–Crippen LogP) is 3.95. The maximum Gasteiger partial charge on any atom is 0.259 e. The van der Waals surface area contributed by atoms with Crippen molar-refractivity contribution in [3.8, 4) is 11.5 Å². The SMILES string of the molecule is CCOc1ccc(CCNC(=O)CCc2nc3sc4c(c3c(=O)[nH]2)CCCC4)cc1OCC. The minimum atomic E-state index is -0.0737. The van der Waals surface area contributed by atoms with Crippen molar-refractivity contribution in [2.45, 2.75) is 58.8 Å². The Labute approximate surface area is 197 Å². The first kappa shape index (κ1) is 23.3. The van der Waals surface area contributed by atoms with Crippen LogP contribution in [0.2, 0.25) is 0 Å². The third-order valence-corrected chi connectivity index (χ3v) is 6.99. The molecule has 0 spiro atoms. The second-order valence-corrected chi connectivity index (χ2v) is 9.23. The van der Waals surface area contributed by atoms with Gasteiger partial charge in [0.15, 0.2) is 11.5 Å². The van der Waals surface area contributed by atoms with Crippen molar-refractivity contribution in [3.63, 3.8) is 0 Å². The molecule has 0 radical (unpaired) electrons. The lowest BCUT2D eigenvalue weighted by molar-refractivity contribution is -0.121. The van der Waals surface area contributed by atoms with Crippen LogP contribution in [-0.4, -0.2) is 35.6 Å². The van der Waals surface area contributed by atoms with Gasteiger partial charge in [-0.1, -0.05) is 6.07 Å². The summed E-state index contributed by atoms with van der Waals surface area (Å²) in [5.74, 6) is 1.98. The number of ether oxygens (including phenoxy) is 2. The van der Waals surface area contributed by atoms with Crippen LogP contribution in [0.1, 0.15) is 54.9 Å². The van der Waals surface area contributed by atoms with Gasteiger partial charge in [0, 0.05) is 24.3 Å². The molecule has 0 aliphatic heterocycles. The highest BCUT2D eigenvalue weighted by molar-refractivity contribution is 7.18. The number of thiophene rings is 1. The fourth-order valence-corrected chi connectivity index (χ4v) is 5.53. The van der Waals surface area contributed by atoms with Crippen LogP contribution in [0, 0.1) is 0 Å². The van der Waals surface area contributed by atoms with E-state index in [9.17, 15) is 9.59 Å². The molecular formula is C25H31N3O4S. The molecule has 2 aromatic heterocycles. The number of nitrogens with zero attached hydrogens (tertiary/aromatic N) is 1. The molecule has 1 aliphatic carbocycles. The molecule has 176 valence electrons. The topological polar surface area (TPSA) is 93.3 Å². The predicted molar refractivity (Wildman–Crippen MR) is 131 cm³/mol. The Morgan fingerprint density at radius 3 is 2.73 bits per heavy atom. The molecule has 1 amide bonds. The van der Waals surface area contributed by atoms with E-state index in [4.69, 9.17) is 9.47 Å². The zero-order chi connectivity index (χ0) is 23.2. The largest absolute Gasteiger partial charge is 0.490 e. The van der Waals surface area contributed by atoms with Gasteiger partial charge < -0.3 is 19.8 Å². The van der Waals surface area contributed by atoms with Crippen molar-refractivity contribution < 1.29 is 14.3 Å². The van der Waals surface area contributed by atoms with Gasteiger partial charge in [0.05, 0.1) is 18.6 Å². The Bertz CT molecular complexity index is 1180. The van der Waals surface area contributed by atoms with Crippen molar-refractivity contribution in [2.75, 3.05) is 19.8 Å². The summed E-state index contributed by atoms with van der Waals surface area (Å²) in [5, 5.41) is 3.71. The number of aromatic nitrogens is 2. The van der Waals surface area contributed by atoms with E-state index in [2.05, 4.69) is 15.3 Å². The highest BCUT2D eigenvalue weighted by atomic mass is 32.1. The lowest BCUT2D eigenvalue weighted by atomic mass is 9.97. The third-order valence-electron chi connectivity index (χ3n) is 5.81. The molecular weight excluding hydrogens is 438 g/mol. The number of hydrogen-bond donors (Lipinski definition) is 2. The molecule has 4 rings (SSSR count). The maximum atomic E-state index is 12.6. The first-order valence-corrected chi connectivity index (χ1v) is 12.6. The molecule has 0 atom stereocenters. The number of fused-ring (bicyclic) bond motifs is 3. The Kier molecular flexibility index (Phi) is 7.65. The Morgan fingerprint density at radius 2 is 1.91 bits per heavy atom. The average molecular weight is 470 g/mol. The number of H-pyrrole nitrogens is 1. The number of aryl methyl sites for hydroxylation is 3. The van der Waals surface area contributed by atoms with E-state index in [1.807, 2.05) is 32.0 Å². The van der Waals surface area contributed by atoms with Crippen LogP contribution in [0.15, 0.2) is 23.0 Å². The van der Waals surface area contributed by atoms with Crippen LogP contribution in [0.5, 0.6) is 11.5 Å². The van der Waals surface area contributed by atoms with Crippen LogP contribution < -0.4 is 20.3 Å². The summed E-state index contributed by atoms with van der Waals surface area (Å²) in [5.41, 5.74) is 2.18. The molecule has 0 fully saturated rings. The molecule has 3 aromatic rings. The molecule has 1 aromatic carbocycles. The fourth-order valence-electron chi connectivity index (χ4n) is 4.24.